The summed E-state index contributed by atoms with van der Waals surface area (Å²) in [5.41, 5.74) is 0.170. The van der Waals surface area contributed by atoms with Gasteiger partial charge in [0.15, 0.2) is 5.82 Å². The predicted molar refractivity (Wildman–Crippen MR) is 116 cm³/mol. The van der Waals surface area contributed by atoms with E-state index in [1.807, 2.05) is 0 Å². The number of hydrogen-bond acceptors (Lipinski definition) is 6. The topological polar surface area (TPSA) is 87.9 Å². The van der Waals surface area contributed by atoms with Gasteiger partial charge in [0.2, 0.25) is 11.8 Å². The fourth-order valence-electron chi connectivity index (χ4n) is 3.93. The molecule has 0 spiro atoms. The second kappa shape index (κ2) is 11.5. The Balaban J connectivity index is 1.91. The Hall–Kier alpha value is -1.93. The van der Waals surface area contributed by atoms with E-state index < -0.39 is 0 Å². The lowest BCUT2D eigenvalue weighted by atomic mass is 9.84. The summed E-state index contributed by atoms with van der Waals surface area (Å²) in [6.07, 6.45) is 2.24. The molecule has 1 aromatic rings. The van der Waals surface area contributed by atoms with E-state index in [1.54, 1.807) is 17.9 Å². The zero-order chi connectivity index (χ0) is 22.1. The number of amides is 2. The van der Waals surface area contributed by atoms with Crippen molar-refractivity contribution in [1.82, 2.24) is 15.0 Å². The highest BCUT2D eigenvalue weighted by atomic mass is 16.5. The van der Waals surface area contributed by atoms with E-state index in [4.69, 9.17) is 9.26 Å². The Labute approximate surface area is 180 Å². The van der Waals surface area contributed by atoms with Gasteiger partial charge in [-0.15, -0.1) is 0 Å². The number of ether oxygens (including phenoxy) is 1. The predicted octanol–water partition coefficient (Wildman–Crippen LogP) is 2.93. The average Bonchev–Trinajstić information content (AvgIpc) is 3.04. The second-order valence-electron chi connectivity index (χ2n) is 9.57. The van der Waals surface area contributed by atoms with Crippen LogP contribution in [0.4, 0.5) is 5.82 Å². The van der Waals surface area contributed by atoms with Crippen molar-refractivity contribution >= 4 is 17.6 Å². The van der Waals surface area contributed by atoms with Crippen molar-refractivity contribution < 1.29 is 18.8 Å². The molecule has 0 radical (unpaired) electrons. The second-order valence-corrected chi connectivity index (χ2v) is 9.57. The van der Waals surface area contributed by atoms with Crippen LogP contribution in [0.15, 0.2) is 10.6 Å². The molecule has 8 heteroatoms. The van der Waals surface area contributed by atoms with E-state index in [0.29, 0.717) is 24.5 Å². The van der Waals surface area contributed by atoms with Crippen LogP contribution in [0.5, 0.6) is 0 Å². The van der Waals surface area contributed by atoms with Crippen LogP contribution in [0, 0.1) is 18.3 Å². The summed E-state index contributed by atoms with van der Waals surface area (Å²) in [4.78, 5) is 29.5. The highest BCUT2D eigenvalue weighted by Crippen LogP contribution is 2.26. The van der Waals surface area contributed by atoms with Crippen LogP contribution in [-0.4, -0.2) is 72.7 Å². The van der Waals surface area contributed by atoms with Crippen molar-refractivity contribution in [3.8, 4) is 0 Å². The molecule has 0 unspecified atom stereocenters. The maximum atomic E-state index is 13.0. The lowest BCUT2D eigenvalue weighted by Crippen LogP contribution is -2.42. The molecule has 0 saturated carbocycles. The summed E-state index contributed by atoms with van der Waals surface area (Å²) in [6.45, 7) is 15.2. The summed E-state index contributed by atoms with van der Waals surface area (Å²) >= 11 is 0. The van der Waals surface area contributed by atoms with Crippen LogP contribution < -0.4 is 5.32 Å². The van der Waals surface area contributed by atoms with E-state index >= 15 is 0 Å². The maximum absolute atomic E-state index is 13.0. The number of carbonyl (C=O) groups is 2. The Morgan fingerprint density at radius 1 is 1.30 bits per heavy atom. The Kier molecular flexibility index (Phi) is 9.30. The van der Waals surface area contributed by atoms with Gasteiger partial charge in [-0.25, -0.2) is 0 Å². The highest BCUT2D eigenvalue weighted by Gasteiger charge is 2.23. The summed E-state index contributed by atoms with van der Waals surface area (Å²) in [5, 5.41) is 6.51. The molecule has 1 saturated heterocycles. The van der Waals surface area contributed by atoms with Gasteiger partial charge in [-0.1, -0.05) is 32.9 Å². The molecule has 1 aliphatic heterocycles. The molecule has 1 fully saturated rings. The lowest BCUT2D eigenvalue weighted by molar-refractivity contribution is -0.135. The molecule has 2 amide bonds. The monoisotopic (exact) mass is 422 g/mol. The van der Waals surface area contributed by atoms with Gasteiger partial charge in [0.1, 0.15) is 5.76 Å². The van der Waals surface area contributed by atoms with Crippen molar-refractivity contribution in [2.24, 2.45) is 11.3 Å². The number of aromatic nitrogens is 1. The minimum Gasteiger partial charge on any atom is -0.379 e. The van der Waals surface area contributed by atoms with Crippen LogP contribution in [-0.2, 0) is 14.3 Å². The first-order chi connectivity index (χ1) is 14.1. The number of nitrogens with zero attached hydrogens (tertiary/aromatic N) is 3. The first kappa shape index (κ1) is 24.3. The third-order valence-electron chi connectivity index (χ3n) is 5.07. The first-order valence-corrected chi connectivity index (χ1v) is 10.9. The van der Waals surface area contributed by atoms with Crippen molar-refractivity contribution in [2.75, 3.05) is 51.3 Å². The molecule has 1 atom stereocenters. The van der Waals surface area contributed by atoms with Gasteiger partial charge in [0.25, 0.3) is 0 Å². The Morgan fingerprint density at radius 2 is 2.00 bits per heavy atom. The van der Waals surface area contributed by atoms with E-state index in [0.717, 1.165) is 45.7 Å². The molecule has 0 bridgehead atoms. The number of carbonyl (C=O) groups excluding carboxylic acids is 2. The molecular formula is C22H38N4O4. The molecule has 2 rings (SSSR count). The largest absolute Gasteiger partial charge is 0.379 e. The van der Waals surface area contributed by atoms with E-state index in [-0.39, 0.29) is 29.7 Å². The number of hydrogen-bond donors (Lipinski definition) is 1. The fourth-order valence-corrected chi connectivity index (χ4v) is 3.93. The molecular weight excluding hydrogens is 384 g/mol. The summed E-state index contributed by atoms with van der Waals surface area (Å²) in [6, 6.07) is 1.66. The minimum atomic E-state index is -0.258. The van der Waals surface area contributed by atoms with Crippen LogP contribution >= 0.6 is 0 Å². The number of aryl methyl sites for hydroxylation is 1. The Morgan fingerprint density at radius 3 is 2.60 bits per heavy atom. The summed E-state index contributed by atoms with van der Waals surface area (Å²) in [5.74, 6) is 1.03. The van der Waals surface area contributed by atoms with Gasteiger partial charge >= 0.3 is 0 Å². The Bertz CT molecular complexity index is 677. The number of anilines is 1. The van der Waals surface area contributed by atoms with Crippen molar-refractivity contribution in [3.63, 3.8) is 0 Å². The zero-order valence-corrected chi connectivity index (χ0v) is 19.2. The van der Waals surface area contributed by atoms with E-state index in [2.05, 4.69) is 43.1 Å². The van der Waals surface area contributed by atoms with Gasteiger partial charge in [-0.05, 0) is 31.1 Å². The highest BCUT2D eigenvalue weighted by molar-refractivity contribution is 5.93. The summed E-state index contributed by atoms with van der Waals surface area (Å²) < 4.78 is 10.4. The standard InChI is InChI=1S/C22H38N4O4/c1-17(15-22(3,4)5)13-21(28)26(8-6-7-25-9-11-29-12-10-25)16-20(27)23-19-14-18(2)30-24-19/h14,17H,6-13,15-16H2,1-5H3,(H,23,24,27)/t17-/m0/s1. The third kappa shape index (κ3) is 9.26. The van der Waals surface area contributed by atoms with Gasteiger partial charge in [-0.2, -0.15) is 0 Å². The fraction of sp³-hybridized carbons (Fsp3) is 0.773. The number of nitrogens with one attached hydrogen (secondary N) is 1. The van der Waals surface area contributed by atoms with E-state index in [1.165, 1.54) is 0 Å². The van der Waals surface area contributed by atoms with E-state index in [9.17, 15) is 9.59 Å². The molecule has 0 aliphatic carbocycles. The molecule has 0 aromatic carbocycles. The zero-order valence-electron chi connectivity index (χ0n) is 19.2. The van der Waals surface area contributed by atoms with Gasteiger partial charge < -0.3 is 19.5 Å². The molecule has 170 valence electrons. The van der Waals surface area contributed by atoms with Crippen molar-refractivity contribution in [1.29, 1.82) is 0 Å². The maximum Gasteiger partial charge on any atom is 0.245 e. The molecule has 2 heterocycles. The normalized spacial score (nSPS) is 16.3. The van der Waals surface area contributed by atoms with Gasteiger partial charge in [-0.3, -0.25) is 14.5 Å². The molecule has 1 N–H and O–H groups in total. The lowest BCUT2D eigenvalue weighted by Gasteiger charge is -2.29. The molecule has 8 nitrogen and oxygen atoms in total. The van der Waals surface area contributed by atoms with Gasteiger partial charge in [0.05, 0.1) is 19.8 Å². The molecule has 1 aliphatic rings. The average molecular weight is 423 g/mol. The molecule has 30 heavy (non-hydrogen) atoms. The van der Waals surface area contributed by atoms with Crippen LogP contribution in [0.25, 0.3) is 0 Å². The quantitative estimate of drug-likeness (QED) is 0.624. The van der Waals surface area contributed by atoms with Crippen molar-refractivity contribution in [3.05, 3.63) is 11.8 Å². The summed E-state index contributed by atoms with van der Waals surface area (Å²) in [7, 11) is 0. The third-order valence-corrected chi connectivity index (χ3v) is 5.07. The van der Waals surface area contributed by atoms with Crippen LogP contribution in [0.1, 0.15) is 52.7 Å². The molecule has 1 aromatic heterocycles. The van der Waals surface area contributed by atoms with Crippen LogP contribution in [0.3, 0.4) is 0 Å². The van der Waals surface area contributed by atoms with Gasteiger partial charge in [0, 0.05) is 38.7 Å². The first-order valence-electron chi connectivity index (χ1n) is 10.9. The number of rotatable bonds is 10. The smallest absolute Gasteiger partial charge is 0.245 e. The minimum absolute atomic E-state index is 0.0239. The van der Waals surface area contributed by atoms with Crippen LogP contribution in [0.2, 0.25) is 0 Å². The van der Waals surface area contributed by atoms with Crippen molar-refractivity contribution in [2.45, 2.75) is 53.9 Å². The number of morpholine rings is 1. The SMILES string of the molecule is Cc1cc(NC(=O)CN(CCCN2CCOCC2)C(=O)C[C@H](C)CC(C)(C)C)no1.